The Bertz CT molecular complexity index is 910. The van der Waals surface area contributed by atoms with Crippen LogP contribution in [-0.4, -0.2) is 58.1 Å². The predicted octanol–water partition coefficient (Wildman–Crippen LogP) is 1.85. The van der Waals surface area contributed by atoms with Crippen LogP contribution < -0.4 is 15.4 Å². The fraction of sp³-hybridized carbons (Fsp3) is 0.300. The maximum Gasteiger partial charge on any atom is 0.258 e. The third kappa shape index (κ3) is 4.17. The minimum Gasteiger partial charge on any atom is -0.470 e. The van der Waals surface area contributed by atoms with Crippen molar-refractivity contribution in [3.8, 4) is 17.1 Å². The number of piperazine rings is 1. The van der Waals surface area contributed by atoms with Gasteiger partial charge in [-0.15, -0.1) is 0 Å². The van der Waals surface area contributed by atoms with Crippen molar-refractivity contribution in [1.29, 1.82) is 0 Å². The topological polar surface area (TPSA) is 93.3 Å². The van der Waals surface area contributed by atoms with E-state index < -0.39 is 0 Å². The largest absolute Gasteiger partial charge is 0.470 e. The molecule has 0 spiro atoms. The Balaban J connectivity index is 1.48. The summed E-state index contributed by atoms with van der Waals surface area (Å²) in [7, 11) is 2.16. The normalized spacial score (nSPS) is 14.8. The van der Waals surface area contributed by atoms with Crippen LogP contribution in [0.15, 0.2) is 49.2 Å². The van der Waals surface area contributed by atoms with Gasteiger partial charge in [0, 0.05) is 55.4 Å². The summed E-state index contributed by atoms with van der Waals surface area (Å²) in [6.45, 7) is 4.53. The molecule has 4 rings (SSSR count). The maximum absolute atomic E-state index is 5.92. The lowest BCUT2D eigenvalue weighted by atomic mass is 10.1. The monoisotopic (exact) mass is 377 g/mol. The minimum absolute atomic E-state index is 0.259. The molecule has 1 aliphatic rings. The van der Waals surface area contributed by atoms with Crippen LogP contribution in [-0.2, 0) is 6.61 Å². The highest BCUT2D eigenvalue weighted by Gasteiger charge is 2.14. The first-order valence-corrected chi connectivity index (χ1v) is 9.22. The highest BCUT2D eigenvalue weighted by molar-refractivity contribution is 5.64. The number of nitrogens with zero attached hydrogens (tertiary/aromatic N) is 6. The lowest BCUT2D eigenvalue weighted by Crippen LogP contribution is -2.44. The lowest BCUT2D eigenvalue weighted by Gasteiger charge is -2.34. The molecule has 2 N–H and O–H groups in total. The molecule has 8 nitrogen and oxygen atoms in total. The number of aromatic nitrogens is 4. The van der Waals surface area contributed by atoms with Gasteiger partial charge in [0.25, 0.3) is 5.88 Å². The average molecular weight is 377 g/mol. The maximum atomic E-state index is 5.92. The predicted molar refractivity (Wildman–Crippen MR) is 108 cm³/mol. The number of hydrogen-bond acceptors (Lipinski definition) is 8. The summed E-state index contributed by atoms with van der Waals surface area (Å²) in [6.07, 6.45) is 6.53. The molecule has 0 amide bonds. The van der Waals surface area contributed by atoms with Gasteiger partial charge >= 0.3 is 0 Å². The first kappa shape index (κ1) is 18.1. The zero-order chi connectivity index (χ0) is 19.3. The van der Waals surface area contributed by atoms with Gasteiger partial charge in [0.2, 0.25) is 0 Å². The fourth-order valence-corrected chi connectivity index (χ4v) is 3.09. The van der Waals surface area contributed by atoms with Crippen molar-refractivity contribution in [2.45, 2.75) is 6.61 Å². The van der Waals surface area contributed by atoms with Gasteiger partial charge in [-0.05, 0) is 19.2 Å². The Morgan fingerprint density at radius 3 is 2.43 bits per heavy atom. The number of rotatable bonds is 5. The van der Waals surface area contributed by atoms with Crippen molar-refractivity contribution in [1.82, 2.24) is 24.8 Å². The summed E-state index contributed by atoms with van der Waals surface area (Å²) in [6, 6.07) is 8.37. The Labute approximate surface area is 164 Å². The van der Waals surface area contributed by atoms with Gasteiger partial charge in [0.1, 0.15) is 12.9 Å². The molecule has 0 radical (unpaired) electrons. The third-order valence-electron chi connectivity index (χ3n) is 4.79. The third-order valence-corrected chi connectivity index (χ3v) is 4.79. The van der Waals surface area contributed by atoms with Crippen molar-refractivity contribution in [3.05, 3.63) is 54.7 Å². The summed E-state index contributed by atoms with van der Waals surface area (Å²) in [5, 5.41) is 0. The van der Waals surface area contributed by atoms with E-state index in [0.29, 0.717) is 5.88 Å². The van der Waals surface area contributed by atoms with E-state index in [1.807, 2.05) is 0 Å². The Morgan fingerprint density at radius 1 is 1.00 bits per heavy atom. The molecule has 0 unspecified atom stereocenters. The highest BCUT2D eigenvalue weighted by Crippen LogP contribution is 2.26. The number of anilines is 2. The van der Waals surface area contributed by atoms with E-state index >= 15 is 0 Å². The second kappa shape index (κ2) is 8.18. The van der Waals surface area contributed by atoms with Crippen LogP contribution in [0.2, 0.25) is 0 Å². The highest BCUT2D eigenvalue weighted by atomic mass is 16.5. The van der Waals surface area contributed by atoms with E-state index in [2.05, 4.69) is 61.0 Å². The van der Waals surface area contributed by atoms with Gasteiger partial charge in [0.15, 0.2) is 5.82 Å². The summed E-state index contributed by atoms with van der Waals surface area (Å²) < 4.78 is 5.72. The van der Waals surface area contributed by atoms with Crippen LogP contribution in [0, 0.1) is 0 Å². The number of likely N-dealkylation sites (N-methyl/N-ethyl adjacent to an activating group) is 1. The van der Waals surface area contributed by atoms with E-state index in [9.17, 15) is 0 Å². The Morgan fingerprint density at radius 2 is 1.71 bits per heavy atom. The van der Waals surface area contributed by atoms with Crippen molar-refractivity contribution >= 4 is 11.5 Å². The number of nitrogen functional groups attached to an aromatic ring is 1. The van der Waals surface area contributed by atoms with Crippen LogP contribution in [0.4, 0.5) is 11.5 Å². The van der Waals surface area contributed by atoms with Crippen LogP contribution in [0.3, 0.4) is 0 Å². The molecule has 0 aliphatic carbocycles. The molecule has 0 saturated carbocycles. The molecular weight excluding hydrogens is 354 g/mol. The molecule has 0 bridgehead atoms. The molecule has 144 valence electrons. The van der Waals surface area contributed by atoms with Crippen molar-refractivity contribution < 1.29 is 4.74 Å². The molecule has 8 heteroatoms. The molecule has 1 aliphatic heterocycles. The van der Waals surface area contributed by atoms with Gasteiger partial charge in [-0.1, -0.05) is 12.1 Å². The second-order valence-corrected chi connectivity index (χ2v) is 6.82. The van der Waals surface area contributed by atoms with E-state index in [-0.39, 0.29) is 12.4 Å². The Hall–Kier alpha value is -3.26. The van der Waals surface area contributed by atoms with Crippen molar-refractivity contribution in [2.75, 3.05) is 43.9 Å². The van der Waals surface area contributed by atoms with E-state index in [1.54, 1.807) is 18.6 Å². The molecule has 3 heterocycles. The van der Waals surface area contributed by atoms with Crippen LogP contribution in [0.5, 0.6) is 5.88 Å². The SMILES string of the molecule is CN1CCN(c2ccc(-c3cnc(N)c(OCc4cncnc4)n3)cc2)CC1. The molecule has 3 aromatic rings. The lowest BCUT2D eigenvalue weighted by molar-refractivity contribution is 0.294. The smallest absolute Gasteiger partial charge is 0.258 e. The number of ether oxygens (including phenoxy) is 1. The van der Waals surface area contributed by atoms with E-state index in [1.165, 1.54) is 12.0 Å². The van der Waals surface area contributed by atoms with Crippen LogP contribution in [0.1, 0.15) is 5.56 Å². The molecule has 0 atom stereocenters. The molecule has 28 heavy (non-hydrogen) atoms. The molecule has 1 saturated heterocycles. The van der Waals surface area contributed by atoms with Crippen LogP contribution >= 0.6 is 0 Å². The minimum atomic E-state index is 0.259. The van der Waals surface area contributed by atoms with Crippen molar-refractivity contribution in [2.24, 2.45) is 0 Å². The molecule has 1 aromatic carbocycles. The van der Waals surface area contributed by atoms with Gasteiger partial charge in [0.05, 0.1) is 11.9 Å². The molecule has 2 aromatic heterocycles. The second-order valence-electron chi connectivity index (χ2n) is 6.82. The first-order chi connectivity index (χ1) is 13.7. The number of hydrogen-bond donors (Lipinski definition) is 1. The van der Waals surface area contributed by atoms with Gasteiger partial charge in [-0.2, -0.15) is 0 Å². The Kier molecular flexibility index (Phi) is 5.29. The number of nitrogens with two attached hydrogens (primary N) is 1. The summed E-state index contributed by atoms with van der Waals surface area (Å²) in [5.74, 6) is 0.569. The molecular formula is C20H23N7O. The summed E-state index contributed by atoms with van der Waals surface area (Å²) in [5.41, 5.74) is 9.68. The quantitative estimate of drug-likeness (QED) is 0.720. The number of benzene rings is 1. The first-order valence-electron chi connectivity index (χ1n) is 9.22. The van der Waals surface area contributed by atoms with Gasteiger partial charge < -0.3 is 20.3 Å². The van der Waals surface area contributed by atoms with Gasteiger partial charge in [-0.3, -0.25) is 0 Å². The van der Waals surface area contributed by atoms with Crippen LogP contribution in [0.25, 0.3) is 11.3 Å². The zero-order valence-corrected chi connectivity index (χ0v) is 15.8. The summed E-state index contributed by atoms with van der Waals surface area (Å²) >= 11 is 0. The average Bonchev–Trinajstić information content (AvgIpc) is 2.75. The van der Waals surface area contributed by atoms with Crippen molar-refractivity contribution in [3.63, 3.8) is 0 Å². The van der Waals surface area contributed by atoms with Gasteiger partial charge in [-0.25, -0.2) is 19.9 Å². The summed E-state index contributed by atoms with van der Waals surface area (Å²) in [4.78, 5) is 21.5. The van der Waals surface area contributed by atoms with E-state index in [0.717, 1.165) is 43.0 Å². The van der Waals surface area contributed by atoms with E-state index in [4.69, 9.17) is 10.5 Å². The zero-order valence-electron chi connectivity index (χ0n) is 15.8. The molecule has 1 fully saturated rings. The fourth-order valence-electron chi connectivity index (χ4n) is 3.09. The standard InChI is InChI=1S/C20H23N7O/c1-26-6-8-27(9-7-26)17-4-2-16(3-5-17)18-12-24-19(21)20(25-18)28-13-15-10-22-14-23-11-15/h2-5,10-12,14H,6-9,13H2,1H3,(H2,21,24).